The number of ether oxygens (including phenoxy) is 1. The van der Waals surface area contributed by atoms with E-state index in [4.69, 9.17) is 4.74 Å². The van der Waals surface area contributed by atoms with Gasteiger partial charge in [-0.1, -0.05) is 30.3 Å². The van der Waals surface area contributed by atoms with Crippen LogP contribution in [0.25, 0.3) is 0 Å². The van der Waals surface area contributed by atoms with E-state index in [2.05, 4.69) is 5.32 Å². The minimum absolute atomic E-state index is 0.123. The Morgan fingerprint density at radius 1 is 1.00 bits per heavy atom. The van der Waals surface area contributed by atoms with Crippen molar-refractivity contribution >= 4 is 11.7 Å². The van der Waals surface area contributed by atoms with E-state index in [-0.39, 0.29) is 5.56 Å². The number of halogens is 5. The largest absolute Gasteiger partial charge is 0.456 e. The van der Waals surface area contributed by atoms with Gasteiger partial charge in [-0.25, -0.2) is 13.6 Å². The number of hydrogen-bond donors (Lipinski definition) is 1. The molecule has 0 saturated carbocycles. The Hall–Kier alpha value is -2.64. The van der Waals surface area contributed by atoms with Crippen LogP contribution in [0, 0.1) is 11.6 Å². The molecule has 2 rings (SSSR count). The first-order valence-corrected chi connectivity index (χ1v) is 7.99. The molecule has 0 heterocycles. The number of carbonyl (C=O) groups is 1. The molecule has 1 atom stereocenters. The van der Waals surface area contributed by atoms with Crippen LogP contribution in [-0.4, -0.2) is 17.7 Å². The Bertz CT molecular complexity index is 790. The highest BCUT2D eigenvalue weighted by Crippen LogP contribution is 2.36. The standard InChI is InChI=1S/C19H18F5NO2/c1-18(2,3)27-17(26)15-13(20)9-12(10-14(15)21)25-16(19(22,23)24)11-7-5-4-6-8-11/h4-10,16,25H,1-3H3. The molecular weight excluding hydrogens is 369 g/mol. The first kappa shape index (κ1) is 20.7. The van der Waals surface area contributed by atoms with E-state index < -0.39 is 46.7 Å². The third kappa shape index (κ3) is 5.42. The first-order valence-electron chi connectivity index (χ1n) is 7.99. The summed E-state index contributed by atoms with van der Waals surface area (Å²) in [5, 5.41) is 2.07. The fourth-order valence-corrected chi connectivity index (χ4v) is 2.35. The summed E-state index contributed by atoms with van der Waals surface area (Å²) in [6.07, 6.45) is -4.71. The Balaban J connectivity index is 2.35. The van der Waals surface area contributed by atoms with Gasteiger partial charge in [0.25, 0.3) is 0 Å². The van der Waals surface area contributed by atoms with Crippen LogP contribution in [0.15, 0.2) is 42.5 Å². The number of anilines is 1. The molecule has 146 valence electrons. The van der Waals surface area contributed by atoms with Crippen molar-refractivity contribution < 1.29 is 31.5 Å². The van der Waals surface area contributed by atoms with Crippen LogP contribution < -0.4 is 5.32 Å². The van der Waals surface area contributed by atoms with Gasteiger partial charge in [-0.2, -0.15) is 13.2 Å². The first-order chi connectivity index (χ1) is 12.4. The van der Waals surface area contributed by atoms with Crippen molar-refractivity contribution in [3.8, 4) is 0 Å². The maximum Gasteiger partial charge on any atom is 0.412 e. The second-order valence-electron chi connectivity index (χ2n) is 6.85. The monoisotopic (exact) mass is 387 g/mol. The molecule has 0 saturated heterocycles. The molecule has 0 radical (unpaired) electrons. The van der Waals surface area contributed by atoms with Gasteiger partial charge in [0.1, 0.15) is 28.8 Å². The number of nitrogens with one attached hydrogen (secondary N) is 1. The SMILES string of the molecule is CC(C)(C)OC(=O)c1c(F)cc(NC(c2ccccc2)C(F)(F)F)cc1F. The van der Waals surface area contributed by atoms with E-state index in [1.165, 1.54) is 45.0 Å². The highest BCUT2D eigenvalue weighted by atomic mass is 19.4. The van der Waals surface area contributed by atoms with Gasteiger partial charge in [0.15, 0.2) is 0 Å². The summed E-state index contributed by atoms with van der Waals surface area (Å²) in [6, 6.07) is 5.95. The van der Waals surface area contributed by atoms with Gasteiger partial charge in [0.2, 0.25) is 0 Å². The highest BCUT2D eigenvalue weighted by molar-refractivity contribution is 5.90. The molecule has 27 heavy (non-hydrogen) atoms. The maximum absolute atomic E-state index is 14.2. The van der Waals surface area contributed by atoms with Crippen molar-refractivity contribution in [2.24, 2.45) is 0 Å². The lowest BCUT2D eigenvalue weighted by Crippen LogP contribution is -2.28. The van der Waals surface area contributed by atoms with Crippen molar-refractivity contribution in [1.82, 2.24) is 0 Å². The number of rotatable bonds is 4. The third-order valence-electron chi connectivity index (χ3n) is 3.42. The maximum atomic E-state index is 14.2. The summed E-state index contributed by atoms with van der Waals surface area (Å²) in [5.41, 5.74) is -2.52. The lowest BCUT2D eigenvalue weighted by Gasteiger charge is -2.24. The second-order valence-corrected chi connectivity index (χ2v) is 6.85. The normalized spacial score (nSPS) is 13.2. The summed E-state index contributed by atoms with van der Waals surface area (Å²) in [4.78, 5) is 11.9. The topological polar surface area (TPSA) is 38.3 Å². The van der Waals surface area contributed by atoms with E-state index in [0.717, 1.165) is 0 Å². The van der Waals surface area contributed by atoms with Crippen molar-refractivity contribution in [2.75, 3.05) is 5.32 Å². The molecule has 2 aromatic carbocycles. The van der Waals surface area contributed by atoms with Crippen LogP contribution in [0.2, 0.25) is 0 Å². The van der Waals surface area contributed by atoms with Crippen LogP contribution in [0.1, 0.15) is 42.7 Å². The second kappa shape index (κ2) is 7.54. The molecule has 0 aliphatic carbocycles. The lowest BCUT2D eigenvalue weighted by molar-refractivity contribution is -0.144. The molecular formula is C19H18F5NO2. The van der Waals surface area contributed by atoms with Gasteiger partial charge in [-0.05, 0) is 38.5 Å². The number of alkyl halides is 3. The number of esters is 1. The van der Waals surface area contributed by atoms with Gasteiger partial charge < -0.3 is 10.1 Å². The molecule has 0 amide bonds. The van der Waals surface area contributed by atoms with Crippen LogP contribution in [0.5, 0.6) is 0 Å². The minimum atomic E-state index is -4.71. The Morgan fingerprint density at radius 3 is 1.96 bits per heavy atom. The van der Waals surface area contributed by atoms with Crippen LogP contribution in [0.4, 0.5) is 27.6 Å². The van der Waals surface area contributed by atoms with Gasteiger partial charge in [0, 0.05) is 5.69 Å². The molecule has 0 bridgehead atoms. The summed E-state index contributed by atoms with van der Waals surface area (Å²) in [5.74, 6) is -3.87. The van der Waals surface area contributed by atoms with E-state index in [0.29, 0.717) is 12.1 Å². The van der Waals surface area contributed by atoms with Crippen LogP contribution in [0.3, 0.4) is 0 Å². The molecule has 0 fully saturated rings. The summed E-state index contributed by atoms with van der Waals surface area (Å²) < 4.78 is 73.4. The molecule has 8 heteroatoms. The predicted molar refractivity (Wildman–Crippen MR) is 90.4 cm³/mol. The zero-order valence-corrected chi connectivity index (χ0v) is 14.8. The molecule has 2 aromatic rings. The number of carbonyl (C=O) groups excluding carboxylic acids is 1. The quantitative estimate of drug-likeness (QED) is 0.545. The molecule has 1 N–H and O–H groups in total. The van der Waals surface area contributed by atoms with Crippen LogP contribution in [-0.2, 0) is 4.74 Å². The van der Waals surface area contributed by atoms with E-state index >= 15 is 0 Å². The highest BCUT2D eigenvalue weighted by Gasteiger charge is 2.41. The summed E-state index contributed by atoms with van der Waals surface area (Å²) >= 11 is 0. The Kier molecular flexibility index (Phi) is 5.77. The smallest absolute Gasteiger partial charge is 0.412 e. The van der Waals surface area contributed by atoms with Crippen molar-refractivity contribution in [2.45, 2.75) is 38.6 Å². The molecule has 1 unspecified atom stereocenters. The molecule has 0 aliphatic heterocycles. The number of benzene rings is 2. The molecule has 0 spiro atoms. The average Bonchev–Trinajstić information content (AvgIpc) is 2.50. The predicted octanol–water partition coefficient (Wildman–Crippen LogP) is 5.64. The summed E-state index contributed by atoms with van der Waals surface area (Å²) in [6.45, 7) is 4.55. The molecule has 0 aromatic heterocycles. The van der Waals surface area contributed by atoms with Crippen molar-refractivity contribution in [1.29, 1.82) is 0 Å². The Labute approximate surface area is 153 Å². The van der Waals surface area contributed by atoms with E-state index in [9.17, 15) is 26.7 Å². The van der Waals surface area contributed by atoms with Gasteiger partial charge in [-0.15, -0.1) is 0 Å². The third-order valence-corrected chi connectivity index (χ3v) is 3.42. The molecule has 0 aliphatic rings. The Morgan fingerprint density at radius 2 is 1.52 bits per heavy atom. The van der Waals surface area contributed by atoms with Gasteiger partial charge in [0.05, 0.1) is 0 Å². The van der Waals surface area contributed by atoms with Gasteiger partial charge >= 0.3 is 12.1 Å². The fraction of sp³-hybridized carbons (Fsp3) is 0.316. The van der Waals surface area contributed by atoms with E-state index in [1.807, 2.05) is 0 Å². The van der Waals surface area contributed by atoms with Crippen molar-refractivity contribution in [3.05, 3.63) is 65.2 Å². The minimum Gasteiger partial charge on any atom is -0.456 e. The number of hydrogen-bond acceptors (Lipinski definition) is 3. The zero-order valence-electron chi connectivity index (χ0n) is 14.8. The van der Waals surface area contributed by atoms with Crippen molar-refractivity contribution in [3.63, 3.8) is 0 Å². The molecule has 3 nitrogen and oxygen atoms in total. The van der Waals surface area contributed by atoms with Gasteiger partial charge in [-0.3, -0.25) is 0 Å². The lowest BCUT2D eigenvalue weighted by atomic mass is 10.1. The average molecular weight is 387 g/mol. The van der Waals surface area contributed by atoms with Crippen LogP contribution >= 0.6 is 0 Å². The zero-order chi connectivity index (χ0) is 20.4. The van der Waals surface area contributed by atoms with E-state index in [1.54, 1.807) is 6.07 Å². The fourth-order valence-electron chi connectivity index (χ4n) is 2.35. The summed E-state index contributed by atoms with van der Waals surface area (Å²) in [7, 11) is 0.